The second-order valence-corrected chi connectivity index (χ2v) is 2.85. The highest BCUT2D eigenvalue weighted by molar-refractivity contribution is 8.10. The minimum absolute atomic E-state index is 0.204. The fraction of sp³-hybridized carbons (Fsp3) is 0.600. The standard InChI is InChI=1S/C4H7NO.CH2OS2/c6-4-2-1-3-5-4;2-1(3)4/h1-3H2,(H,5,6);(H2,2,3,4). The van der Waals surface area contributed by atoms with Crippen LogP contribution in [0, 0.1) is 0 Å². The van der Waals surface area contributed by atoms with Crippen LogP contribution >= 0.6 is 24.8 Å². The van der Waals surface area contributed by atoms with Crippen molar-refractivity contribution in [3.8, 4) is 0 Å². The van der Waals surface area contributed by atoms with Gasteiger partial charge in [-0.05, 0) is 18.6 Å². The Morgan fingerprint density at radius 1 is 1.80 bits per heavy atom. The third-order valence-electron chi connectivity index (χ3n) is 0.903. The molecular weight excluding hydrogens is 170 g/mol. The molecule has 58 valence electrons. The first-order valence-corrected chi connectivity index (χ1v) is 3.67. The summed E-state index contributed by atoms with van der Waals surface area (Å²) in [4.78, 5) is 10.1. The summed E-state index contributed by atoms with van der Waals surface area (Å²) >= 11 is 7.21. The van der Waals surface area contributed by atoms with Crippen LogP contribution in [-0.2, 0) is 4.79 Å². The Labute approximate surface area is 70.2 Å². The van der Waals surface area contributed by atoms with Crippen molar-refractivity contribution >= 4 is 35.1 Å². The van der Waals surface area contributed by atoms with Crippen molar-refractivity contribution in [1.82, 2.24) is 5.32 Å². The summed E-state index contributed by atoms with van der Waals surface area (Å²) in [6.07, 6.45) is 1.76. The number of hydrogen-bond donors (Lipinski definition) is 3. The monoisotopic (exact) mass is 179 g/mol. The Kier molecular flexibility index (Phi) is 5.33. The van der Waals surface area contributed by atoms with Gasteiger partial charge in [-0.15, -0.1) is 0 Å². The van der Waals surface area contributed by atoms with Crippen LogP contribution in [0.5, 0.6) is 0 Å². The number of amides is 1. The lowest BCUT2D eigenvalue weighted by Crippen LogP contribution is -2.12. The van der Waals surface area contributed by atoms with Crippen LogP contribution in [0.2, 0.25) is 0 Å². The minimum Gasteiger partial charge on any atom is -0.494 e. The van der Waals surface area contributed by atoms with Gasteiger partial charge < -0.3 is 10.4 Å². The van der Waals surface area contributed by atoms with Gasteiger partial charge >= 0.3 is 0 Å². The molecule has 0 aromatic carbocycles. The number of carbonyl (C=O) groups excluding carboxylic acids is 1. The molecule has 0 radical (unpaired) electrons. The molecule has 1 rings (SSSR count). The molecule has 0 aromatic rings. The van der Waals surface area contributed by atoms with Crippen LogP contribution < -0.4 is 5.32 Å². The zero-order valence-corrected chi connectivity index (χ0v) is 7.04. The molecule has 1 aliphatic heterocycles. The molecule has 0 aromatic heterocycles. The van der Waals surface area contributed by atoms with Gasteiger partial charge in [0, 0.05) is 13.0 Å². The Morgan fingerprint density at radius 2 is 2.30 bits per heavy atom. The molecular formula is C5H9NO2S2. The van der Waals surface area contributed by atoms with Gasteiger partial charge in [0.05, 0.1) is 0 Å². The van der Waals surface area contributed by atoms with Crippen molar-refractivity contribution < 1.29 is 9.90 Å². The molecule has 1 aliphatic rings. The topological polar surface area (TPSA) is 49.3 Å². The van der Waals surface area contributed by atoms with Crippen molar-refractivity contribution in [1.29, 1.82) is 0 Å². The largest absolute Gasteiger partial charge is 0.494 e. The lowest BCUT2D eigenvalue weighted by Gasteiger charge is -1.80. The van der Waals surface area contributed by atoms with Gasteiger partial charge in [-0.2, -0.15) is 0 Å². The fourth-order valence-corrected chi connectivity index (χ4v) is 0.565. The first kappa shape index (κ1) is 9.71. The van der Waals surface area contributed by atoms with Crippen LogP contribution in [0.15, 0.2) is 0 Å². The average molecular weight is 179 g/mol. The SMILES string of the molecule is O=C1CCCN1.OC(=S)S. The second-order valence-electron chi connectivity index (χ2n) is 1.74. The van der Waals surface area contributed by atoms with E-state index in [2.05, 4.69) is 30.2 Å². The Morgan fingerprint density at radius 3 is 2.40 bits per heavy atom. The Bertz CT molecular complexity index is 126. The van der Waals surface area contributed by atoms with E-state index in [1.165, 1.54) is 0 Å². The minimum atomic E-state index is -0.306. The lowest BCUT2D eigenvalue weighted by molar-refractivity contribution is -0.119. The van der Waals surface area contributed by atoms with E-state index in [-0.39, 0.29) is 10.3 Å². The third-order valence-corrected chi connectivity index (χ3v) is 0.903. The van der Waals surface area contributed by atoms with Gasteiger partial charge in [0.1, 0.15) is 0 Å². The van der Waals surface area contributed by atoms with Crippen molar-refractivity contribution in [2.45, 2.75) is 12.8 Å². The van der Waals surface area contributed by atoms with E-state index in [9.17, 15) is 4.79 Å². The van der Waals surface area contributed by atoms with Crippen LogP contribution in [0.4, 0.5) is 0 Å². The summed E-state index contributed by atoms with van der Waals surface area (Å²) in [6, 6.07) is 0. The highest BCUT2D eigenvalue weighted by Crippen LogP contribution is 1.93. The van der Waals surface area contributed by atoms with Crippen molar-refractivity contribution in [3.05, 3.63) is 0 Å². The smallest absolute Gasteiger partial charge is 0.220 e. The van der Waals surface area contributed by atoms with Crippen LogP contribution in [0.3, 0.4) is 0 Å². The molecule has 0 spiro atoms. The quantitative estimate of drug-likeness (QED) is 0.378. The van der Waals surface area contributed by atoms with Crippen LogP contribution in [0.25, 0.3) is 0 Å². The molecule has 1 heterocycles. The number of rotatable bonds is 0. The summed E-state index contributed by atoms with van der Waals surface area (Å²) in [5, 5.41) is 10.3. The molecule has 0 bridgehead atoms. The number of thiocarbonyl (C=S) groups is 1. The van der Waals surface area contributed by atoms with Gasteiger partial charge in [0.25, 0.3) is 0 Å². The summed E-state index contributed by atoms with van der Waals surface area (Å²) in [7, 11) is 0. The summed E-state index contributed by atoms with van der Waals surface area (Å²) < 4.78 is -0.306. The Balaban J connectivity index is 0.000000180. The molecule has 10 heavy (non-hydrogen) atoms. The van der Waals surface area contributed by atoms with E-state index < -0.39 is 0 Å². The van der Waals surface area contributed by atoms with E-state index in [1.54, 1.807) is 0 Å². The van der Waals surface area contributed by atoms with E-state index in [0.717, 1.165) is 19.4 Å². The molecule has 0 saturated carbocycles. The molecule has 0 unspecified atom stereocenters. The number of aliphatic hydroxyl groups excluding tert-OH is 1. The highest BCUT2D eigenvalue weighted by atomic mass is 32.1. The zero-order chi connectivity index (χ0) is 7.98. The highest BCUT2D eigenvalue weighted by Gasteiger charge is 2.05. The van der Waals surface area contributed by atoms with Crippen molar-refractivity contribution in [2.24, 2.45) is 0 Å². The van der Waals surface area contributed by atoms with Crippen LogP contribution in [-0.4, -0.2) is 21.9 Å². The summed E-state index contributed by atoms with van der Waals surface area (Å²) in [5.74, 6) is 0.204. The maximum atomic E-state index is 10.1. The van der Waals surface area contributed by atoms with Crippen molar-refractivity contribution in [2.75, 3.05) is 6.54 Å². The molecule has 1 fully saturated rings. The Hall–Kier alpha value is -0.290. The predicted molar refractivity (Wildman–Crippen MR) is 46.5 cm³/mol. The first-order valence-electron chi connectivity index (χ1n) is 2.81. The number of thiol groups is 1. The summed E-state index contributed by atoms with van der Waals surface area (Å²) in [5.41, 5.74) is 0. The fourth-order valence-electron chi connectivity index (χ4n) is 0.565. The number of carbonyl (C=O) groups is 1. The van der Waals surface area contributed by atoms with Gasteiger partial charge in [-0.25, -0.2) is 0 Å². The van der Waals surface area contributed by atoms with Gasteiger partial charge in [0.2, 0.25) is 10.3 Å². The predicted octanol–water partition coefficient (Wildman–Crippen LogP) is 0.655. The van der Waals surface area contributed by atoms with E-state index in [0.29, 0.717) is 0 Å². The van der Waals surface area contributed by atoms with Crippen molar-refractivity contribution in [3.63, 3.8) is 0 Å². The zero-order valence-electron chi connectivity index (χ0n) is 5.33. The van der Waals surface area contributed by atoms with Gasteiger partial charge in [0.15, 0.2) is 0 Å². The molecule has 5 heteroatoms. The number of hydrogen-bond acceptors (Lipinski definition) is 2. The molecule has 0 aliphatic carbocycles. The van der Waals surface area contributed by atoms with E-state index in [4.69, 9.17) is 5.11 Å². The maximum Gasteiger partial charge on any atom is 0.220 e. The van der Waals surface area contributed by atoms with Crippen LogP contribution in [0.1, 0.15) is 12.8 Å². The van der Waals surface area contributed by atoms with E-state index >= 15 is 0 Å². The molecule has 1 saturated heterocycles. The summed E-state index contributed by atoms with van der Waals surface area (Å²) in [6.45, 7) is 0.888. The molecule has 1 amide bonds. The number of aliphatic hydroxyl groups is 1. The lowest BCUT2D eigenvalue weighted by atomic mass is 10.4. The first-order chi connectivity index (χ1) is 4.63. The molecule has 2 N–H and O–H groups in total. The van der Waals surface area contributed by atoms with Gasteiger partial charge in [-0.1, -0.05) is 12.6 Å². The number of nitrogens with one attached hydrogen (secondary N) is 1. The third kappa shape index (κ3) is 7.71. The normalized spacial score (nSPS) is 15.1. The maximum absolute atomic E-state index is 10.1. The average Bonchev–Trinajstić information content (AvgIpc) is 2.15. The van der Waals surface area contributed by atoms with Gasteiger partial charge in [-0.3, -0.25) is 4.79 Å². The second kappa shape index (κ2) is 5.49. The molecule has 0 atom stereocenters. The molecule has 3 nitrogen and oxygen atoms in total. The van der Waals surface area contributed by atoms with E-state index in [1.807, 2.05) is 0 Å².